The van der Waals surface area contributed by atoms with Crippen LogP contribution in [0.15, 0.2) is 46.9 Å². The largest absolute Gasteiger partial charge is 0.497 e. The standard InChI is InChI=1S/C29H39BrN2O4/c1-6-25(28(34)31-22-11-7-8-12-22)32(18-20-10-9-13-23(16-20)35-5)27(33)19-36-26-15-14-21(17-24(26)30)29(2,3)4/h9-10,13-17,22,25H,6-8,11-12,18-19H2,1-5H3,(H,31,34)/t25-/m0/s1. The molecule has 0 aromatic heterocycles. The summed E-state index contributed by atoms with van der Waals surface area (Å²) in [4.78, 5) is 28.4. The lowest BCUT2D eigenvalue weighted by Gasteiger charge is -2.31. The molecule has 7 heteroatoms. The highest BCUT2D eigenvalue weighted by Gasteiger charge is 2.31. The van der Waals surface area contributed by atoms with Gasteiger partial charge in [0.25, 0.3) is 5.91 Å². The van der Waals surface area contributed by atoms with Crippen molar-refractivity contribution in [3.8, 4) is 11.5 Å². The quantitative estimate of drug-likeness (QED) is 0.388. The molecule has 1 aliphatic rings. The Kier molecular flexibility index (Phi) is 9.83. The van der Waals surface area contributed by atoms with Crippen LogP contribution in [-0.4, -0.2) is 42.5 Å². The van der Waals surface area contributed by atoms with Crippen LogP contribution in [0, 0.1) is 0 Å². The number of carbonyl (C=O) groups excluding carboxylic acids is 2. The maximum Gasteiger partial charge on any atom is 0.261 e. The zero-order valence-corrected chi connectivity index (χ0v) is 23.7. The molecule has 1 N–H and O–H groups in total. The number of ether oxygens (including phenoxy) is 2. The van der Waals surface area contributed by atoms with Crippen molar-refractivity contribution in [1.29, 1.82) is 0 Å². The van der Waals surface area contributed by atoms with Crippen molar-refractivity contribution in [2.24, 2.45) is 0 Å². The van der Waals surface area contributed by atoms with Gasteiger partial charge in [-0.2, -0.15) is 0 Å². The van der Waals surface area contributed by atoms with Crippen molar-refractivity contribution in [1.82, 2.24) is 10.2 Å². The van der Waals surface area contributed by atoms with E-state index in [0.717, 1.165) is 35.7 Å². The van der Waals surface area contributed by atoms with Gasteiger partial charge in [-0.3, -0.25) is 9.59 Å². The van der Waals surface area contributed by atoms with Crippen molar-refractivity contribution in [3.05, 3.63) is 58.1 Å². The Morgan fingerprint density at radius 1 is 1.14 bits per heavy atom. The van der Waals surface area contributed by atoms with Crippen LogP contribution < -0.4 is 14.8 Å². The normalized spacial score (nSPS) is 14.8. The summed E-state index contributed by atoms with van der Waals surface area (Å²) >= 11 is 3.58. The molecular formula is C29H39BrN2O4. The molecule has 2 amide bonds. The Balaban J connectivity index is 1.79. The zero-order valence-electron chi connectivity index (χ0n) is 22.1. The Morgan fingerprint density at radius 3 is 2.47 bits per heavy atom. The van der Waals surface area contributed by atoms with E-state index in [-0.39, 0.29) is 29.9 Å². The van der Waals surface area contributed by atoms with E-state index in [1.807, 2.05) is 49.4 Å². The van der Waals surface area contributed by atoms with Gasteiger partial charge >= 0.3 is 0 Å². The van der Waals surface area contributed by atoms with E-state index in [0.29, 0.717) is 24.5 Å². The molecule has 6 nitrogen and oxygen atoms in total. The van der Waals surface area contributed by atoms with Crippen molar-refractivity contribution >= 4 is 27.7 Å². The van der Waals surface area contributed by atoms with Gasteiger partial charge in [-0.05, 0) is 76.0 Å². The van der Waals surface area contributed by atoms with Crippen LogP contribution in [0.4, 0.5) is 0 Å². The second-order valence-corrected chi connectivity index (χ2v) is 11.3. The molecule has 1 saturated carbocycles. The number of hydrogen-bond acceptors (Lipinski definition) is 4. The lowest BCUT2D eigenvalue weighted by Crippen LogP contribution is -2.52. The molecule has 1 fully saturated rings. The number of methoxy groups -OCH3 is 1. The summed E-state index contributed by atoms with van der Waals surface area (Å²) in [5, 5.41) is 3.17. The SMILES string of the molecule is CC[C@@H](C(=O)NC1CCCC1)N(Cc1cccc(OC)c1)C(=O)COc1ccc(C(C)(C)C)cc1Br. The van der Waals surface area contributed by atoms with Crippen molar-refractivity contribution < 1.29 is 19.1 Å². The number of benzene rings is 2. The molecule has 0 unspecified atom stereocenters. The van der Waals surface area contributed by atoms with Crippen LogP contribution in [0.3, 0.4) is 0 Å². The molecule has 36 heavy (non-hydrogen) atoms. The van der Waals surface area contributed by atoms with Gasteiger partial charge in [0.15, 0.2) is 6.61 Å². The topological polar surface area (TPSA) is 67.9 Å². The third-order valence-corrected chi connectivity index (χ3v) is 7.34. The average molecular weight is 560 g/mol. The minimum atomic E-state index is -0.584. The summed E-state index contributed by atoms with van der Waals surface area (Å²) in [5.41, 5.74) is 2.07. The first-order valence-corrected chi connectivity index (χ1v) is 13.6. The molecule has 196 valence electrons. The lowest BCUT2D eigenvalue weighted by atomic mass is 9.87. The van der Waals surface area contributed by atoms with E-state index in [1.165, 1.54) is 5.56 Å². The van der Waals surface area contributed by atoms with Crippen LogP contribution >= 0.6 is 15.9 Å². The number of nitrogens with one attached hydrogen (secondary N) is 1. The summed E-state index contributed by atoms with van der Waals surface area (Å²) in [5.74, 6) is 0.970. The van der Waals surface area contributed by atoms with Crippen LogP contribution in [-0.2, 0) is 21.5 Å². The first-order chi connectivity index (χ1) is 17.1. The first-order valence-electron chi connectivity index (χ1n) is 12.8. The number of rotatable bonds is 10. The van der Waals surface area contributed by atoms with Crippen molar-refractivity contribution in [2.75, 3.05) is 13.7 Å². The third-order valence-electron chi connectivity index (χ3n) is 6.72. The first kappa shape index (κ1) is 28.0. The molecule has 0 aliphatic heterocycles. The highest BCUT2D eigenvalue weighted by Crippen LogP contribution is 2.31. The number of halogens is 1. The zero-order chi connectivity index (χ0) is 26.3. The van der Waals surface area contributed by atoms with Gasteiger partial charge in [-0.25, -0.2) is 0 Å². The number of hydrogen-bond donors (Lipinski definition) is 1. The fourth-order valence-corrected chi connectivity index (χ4v) is 5.05. The second kappa shape index (κ2) is 12.6. The summed E-state index contributed by atoms with van der Waals surface area (Å²) in [7, 11) is 1.61. The third kappa shape index (κ3) is 7.48. The van der Waals surface area contributed by atoms with Gasteiger partial charge in [0, 0.05) is 12.6 Å². The Hall–Kier alpha value is -2.54. The van der Waals surface area contributed by atoms with Gasteiger partial charge in [-0.1, -0.05) is 58.7 Å². The maximum atomic E-state index is 13.5. The molecule has 0 spiro atoms. The summed E-state index contributed by atoms with van der Waals surface area (Å²) in [6.07, 6.45) is 4.76. The van der Waals surface area contributed by atoms with Gasteiger partial charge in [-0.15, -0.1) is 0 Å². The predicted molar refractivity (Wildman–Crippen MR) is 146 cm³/mol. The van der Waals surface area contributed by atoms with Gasteiger partial charge in [0.2, 0.25) is 5.91 Å². The van der Waals surface area contributed by atoms with Gasteiger partial charge < -0.3 is 19.7 Å². The minimum absolute atomic E-state index is 0.00539. The van der Waals surface area contributed by atoms with Crippen LogP contribution in [0.25, 0.3) is 0 Å². The molecule has 0 saturated heterocycles. The fraction of sp³-hybridized carbons (Fsp3) is 0.517. The molecule has 3 rings (SSSR count). The van der Waals surface area contributed by atoms with E-state index in [1.54, 1.807) is 12.0 Å². The summed E-state index contributed by atoms with van der Waals surface area (Å²) in [6.45, 7) is 8.52. The van der Waals surface area contributed by atoms with E-state index >= 15 is 0 Å². The van der Waals surface area contributed by atoms with Gasteiger partial charge in [0.05, 0.1) is 11.6 Å². The molecule has 0 bridgehead atoms. The molecule has 2 aromatic rings. The molecule has 2 aromatic carbocycles. The Labute approximate surface area is 223 Å². The Morgan fingerprint density at radius 2 is 1.86 bits per heavy atom. The fourth-order valence-electron chi connectivity index (χ4n) is 4.56. The van der Waals surface area contributed by atoms with Crippen LogP contribution in [0.1, 0.15) is 70.9 Å². The molecular weight excluding hydrogens is 520 g/mol. The average Bonchev–Trinajstić information content (AvgIpc) is 3.35. The number of nitrogens with zero attached hydrogens (tertiary/aromatic N) is 1. The van der Waals surface area contributed by atoms with Crippen molar-refractivity contribution in [3.63, 3.8) is 0 Å². The smallest absolute Gasteiger partial charge is 0.261 e. The Bertz CT molecular complexity index is 1040. The minimum Gasteiger partial charge on any atom is -0.497 e. The van der Waals surface area contributed by atoms with Crippen LogP contribution in [0.2, 0.25) is 0 Å². The summed E-state index contributed by atoms with van der Waals surface area (Å²) in [6, 6.07) is 13.1. The maximum absolute atomic E-state index is 13.5. The van der Waals surface area contributed by atoms with E-state index in [4.69, 9.17) is 9.47 Å². The van der Waals surface area contributed by atoms with E-state index in [2.05, 4.69) is 42.0 Å². The summed E-state index contributed by atoms with van der Waals surface area (Å²) < 4.78 is 12.1. The van der Waals surface area contributed by atoms with Crippen LogP contribution in [0.5, 0.6) is 11.5 Å². The number of carbonyl (C=O) groups is 2. The highest BCUT2D eigenvalue weighted by atomic mass is 79.9. The monoisotopic (exact) mass is 558 g/mol. The predicted octanol–water partition coefficient (Wildman–Crippen LogP) is 6.00. The van der Waals surface area contributed by atoms with Crippen molar-refractivity contribution in [2.45, 2.75) is 83.8 Å². The van der Waals surface area contributed by atoms with Gasteiger partial charge in [0.1, 0.15) is 17.5 Å². The van der Waals surface area contributed by atoms with E-state index in [9.17, 15) is 9.59 Å². The number of amides is 2. The van der Waals surface area contributed by atoms with E-state index < -0.39 is 6.04 Å². The molecule has 0 radical (unpaired) electrons. The highest BCUT2D eigenvalue weighted by molar-refractivity contribution is 9.10. The molecule has 1 aliphatic carbocycles. The lowest BCUT2D eigenvalue weighted by molar-refractivity contribution is -0.143. The molecule has 1 atom stereocenters. The second-order valence-electron chi connectivity index (χ2n) is 10.5. The molecule has 0 heterocycles.